The largest absolute Gasteiger partial charge is 0.397 e. The van der Waals surface area contributed by atoms with Crippen molar-refractivity contribution in [3.63, 3.8) is 0 Å². The van der Waals surface area contributed by atoms with Crippen molar-refractivity contribution in [1.82, 2.24) is 15.3 Å². The van der Waals surface area contributed by atoms with E-state index in [1.54, 1.807) is 7.11 Å². The molecule has 4 heterocycles. The van der Waals surface area contributed by atoms with Crippen LogP contribution in [-0.4, -0.2) is 67.0 Å². The zero-order valence-corrected chi connectivity index (χ0v) is 22.7. The number of aryl methyl sites for hydroxylation is 3. The molecule has 0 bridgehead atoms. The summed E-state index contributed by atoms with van der Waals surface area (Å²) in [7, 11) is 1.68. The highest BCUT2D eigenvalue weighted by Gasteiger charge is 2.33. The molecule has 4 unspecified atom stereocenters. The fourth-order valence-electron chi connectivity index (χ4n) is 5.28. The lowest BCUT2D eigenvalue weighted by atomic mass is 9.91. The monoisotopic (exact) mass is 524 g/mol. The van der Waals surface area contributed by atoms with Gasteiger partial charge >= 0.3 is 0 Å². The van der Waals surface area contributed by atoms with E-state index in [0.717, 1.165) is 52.2 Å². The summed E-state index contributed by atoms with van der Waals surface area (Å²) in [6.45, 7) is 7.89. The van der Waals surface area contributed by atoms with Gasteiger partial charge in [0.25, 0.3) is 5.91 Å². The number of aromatic nitrogens is 2. The van der Waals surface area contributed by atoms with Gasteiger partial charge in [0.15, 0.2) is 0 Å². The first-order valence-electron chi connectivity index (χ1n) is 12.8. The summed E-state index contributed by atoms with van der Waals surface area (Å²) in [4.78, 5) is 26.2. The molecule has 2 aliphatic rings. The highest BCUT2D eigenvalue weighted by atomic mass is 32.1. The van der Waals surface area contributed by atoms with Gasteiger partial charge in [-0.25, -0.2) is 9.97 Å². The molecule has 4 atom stereocenters. The van der Waals surface area contributed by atoms with Crippen LogP contribution in [0.4, 0.5) is 11.5 Å². The number of rotatable bonds is 7. The van der Waals surface area contributed by atoms with Crippen molar-refractivity contribution in [3.05, 3.63) is 45.6 Å². The summed E-state index contributed by atoms with van der Waals surface area (Å²) in [5.41, 5.74) is 17.5. The maximum Gasteiger partial charge on any atom is 0.263 e. The van der Waals surface area contributed by atoms with Gasteiger partial charge < -0.3 is 31.2 Å². The molecule has 1 saturated heterocycles. The lowest BCUT2D eigenvalue weighted by Gasteiger charge is -2.26. The first-order chi connectivity index (χ1) is 17.7. The molecule has 5 rings (SSSR count). The molecule has 10 heteroatoms. The van der Waals surface area contributed by atoms with Crippen LogP contribution < -0.4 is 21.7 Å². The summed E-state index contributed by atoms with van der Waals surface area (Å²) >= 11 is 1.36. The Hall–Kier alpha value is -2.79. The minimum absolute atomic E-state index is 0.0359. The second-order valence-corrected chi connectivity index (χ2v) is 11.3. The Kier molecular flexibility index (Phi) is 7.35. The molecule has 198 valence electrons. The van der Waals surface area contributed by atoms with Crippen LogP contribution in [0.1, 0.15) is 45.5 Å². The van der Waals surface area contributed by atoms with Crippen LogP contribution in [0.15, 0.2) is 18.2 Å². The van der Waals surface area contributed by atoms with E-state index < -0.39 is 0 Å². The molecule has 5 N–H and O–H groups in total. The number of pyridine rings is 2. The number of fused-ring (bicyclic) bond motifs is 2. The van der Waals surface area contributed by atoms with Crippen molar-refractivity contribution in [2.75, 3.05) is 37.4 Å². The predicted octanol–water partition coefficient (Wildman–Crippen LogP) is 2.75. The minimum atomic E-state index is -0.129. The SMILES string of the molecule is COC(C)COC1CN(c2ccc3c(n2)CCC(NC(=O)c2sc4nc(C)cc(C)c4c2N)C3)CC1N. The minimum Gasteiger partial charge on any atom is -0.397 e. The Balaban J connectivity index is 1.23. The molecule has 1 aliphatic heterocycles. The summed E-state index contributed by atoms with van der Waals surface area (Å²) in [5.74, 6) is 0.800. The zero-order chi connectivity index (χ0) is 26.3. The van der Waals surface area contributed by atoms with Gasteiger partial charge in [0, 0.05) is 43.0 Å². The van der Waals surface area contributed by atoms with E-state index >= 15 is 0 Å². The normalized spacial score (nSPS) is 22.3. The third-order valence-corrected chi connectivity index (χ3v) is 8.49. The smallest absolute Gasteiger partial charge is 0.263 e. The van der Waals surface area contributed by atoms with E-state index in [1.165, 1.54) is 16.9 Å². The average molecular weight is 525 g/mol. The van der Waals surface area contributed by atoms with Crippen molar-refractivity contribution in [3.8, 4) is 0 Å². The summed E-state index contributed by atoms with van der Waals surface area (Å²) in [5, 5.41) is 4.09. The van der Waals surface area contributed by atoms with E-state index in [4.69, 9.17) is 25.9 Å². The fourth-order valence-corrected chi connectivity index (χ4v) is 6.40. The number of ether oxygens (including phenoxy) is 2. The average Bonchev–Trinajstić information content (AvgIpc) is 3.41. The van der Waals surface area contributed by atoms with Gasteiger partial charge in [0.05, 0.1) is 30.5 Å². The van der Waals surface area contributed by atoms with Gasteiger partial charge in [0.1, 0.15) is 15.5 Å². The molecule has 0 radical (unpaired) electrons. The van der Waals surface area contributed by atoms with Gasteiger partial charge in [0.2, 0.25) is 0 Å². The maximum absolute atomic E-state index is 13.2. The Morgan fingerprint density at radius 1 is 1.30 bits per heavy atom. The van der Waals surface area contributed by atoms with Crippen molar-refractivity contribution in [1.29, 1.82) is 0 Å². The van der Waals surface area contributed by atoms with E-state index in [2.05, 4.69) is 27.3 Å². The summed E-state index contributed by atoms with van der Waals surface area (Å²) < 4.78 is 11.3. The molecule has 0 aromatic carbocycles. The molecule has 37 heavy (non-hydrogen) atoms. The van der Waals surface area contributed by atoms with Crippen LogP contribution in [0, 0.1) is 13.8 Å². The molecule has 0 spiro atoms. The van der Waals surface area contributed by atoms with Gasteiger partial charge in [-0.1, -0.05) is 6.07 Å². The molecular weight excluding hydrogens is 488 g/mol. The molecule has 3 aromatic heterocycles. The standard InChI is InChI=1S/C27H36N6O3S/c1-14-9-15(2)30-27-23(14)24(29)25(37-27)26(34)31-18-6-7-20-17(10-18)5-8-22(32-20)33-11-19(28)21(12-33)36-13-16(3)35-4/h5,8-9,16,18-19,21H,6-7,10-13,28-29H2,1-4H3,(H,31,34). The van der Waals surface area contributed by atoms with Crippen molar-refractivity contribution < 1.29 is 14.3 Å². The number of carbonyl (C=O) groups is 1. The van der Waals surface area contributed by atoms with Crippen LogP contribution in [-0.2, 0) is 22.3 Å². The number of carbonyl (C=O) groups excluding carboxylic acids is 1. The highest BCUT2D eigenvalue weighted by Crippen LogP contribution is 2.35. The maximum atomic E-state index is 13.2. The van der Waals surface area contributed by atoms with Crippen LogP contribution in [0.5, 0.6) is 0 Å². The summed E-state index contributed by atoms with van der Waals surface area (Å²) in [6, 6.07) is 6.15. The predicted molar refractivity (Wildman–Crippen MR) is 147 cm³/mol. The number of nitrogens with one attached hydrogen (secondary N) is 1. The van der Waals surface area contributed by atoms with Crippen molar-refractivity contribution in [2.45, 2.75) is 64.3 Å². The summed E-state index contributed by atoms with van der Waals surface area (Å²) in [6.07, 6.45) is 2.38. The first-order valence-corrected chi connectivity index (χ1v) is 13.7. The van der Waals surface area contributed by atoms with Crippen molar-refractivity contribution in [2.24, 2.45) is 5.73 Å². The van der Waals surface area contributed by atoms with E-state index in [1.807, 2.05) is 26.8 Å². The third kappa shape index (κ3) is 5.29. The Labute approximate surface area is 221 Å². The number of nitrogens with two attached hydrogens (primary N) is 2. The van der Waals surface area contributed by atoms with Gasteiger partial charge in [-0.05, 0) is 63.3 Å². The lowest BCUT2D eigenvalue weighted by Crippen LogP contribution is -2.39. The zero-order valence-electron chi connectivity index (χ0n) is 21.9. The molecule has 0 saturated carbocycles. The number of thiophene rings is 1. The fraction of sp³-hybridized carbons (Fsp3) is 0.519. The number of hydrogen-bond acceptors (Lipinski definition) is 9. The second kappa shape index (κ2) is 10.5. The highest BCUT2D eigenvalue weighted by molar-refractivity contribution is 7.21. The topological polar surface area (TPSA) is 129 Å². The third-order valence-electron chi connectivity index (χ3n) is 7.40. The van der Waals surface area contributed by atoms with Gasteiger partial charge in [-0.15, -0.1) is 11.3 Å². The molecule has 1 aliphatic carbocycles. The van der Waals surface area contributed by atoms with E-state index in [9.17, 15) is 4.79 Å². The van der Waals surface area contributed by atoms with Crippen LogP contribution in [0.25, 0.3) is 10.2 Å². The van der Waals surface area contributed by atoms with Crippen molar-refractivity contribution >= 4 is 39.0 Å². The number of anilines is 2. The van der Waals surface area contributed by atoms with Crippen LogP contribution in [0.2, 0.25) is 0 Å². The number of nitrogen functional groups attached to an aromatic ring is 1. The van der Waals surface area contributed by atoms with Gasteiger partial charge in [-0.2, -0.15) is 0 Å². The molecule has 1 amide bonds. The molecule has 9 nitrogen and oxygen atoms in total. The Morgan fingerprint density at radius 3 is 2.89 bits per heavy atom. The van der Waals surface area contributed by atoms with Crippen LogP contribution >= 0.6 is 11.3 Å². The molecule has 3 aromatic rings. The molecular formula is C27H36N6O3S. The van der Waals surface area contributed by atoms with E-state index in [-0.39, 0.29) is 30.2 Å². The number of nitrogens with zero attached hydrogens (tertiary/aromatic N) is 3. The first kappa shape index (κ1) is 25.8. The van der Waals surface area contributed by atoms with Gasteiger partial charge in [-0.3, -0.25) is 4.79 Å². The second-order valence-electron chi connectivity index (χ2n) is 10.3. The Bertz CT molecular complexity index is 1310. The van der Waals surface area contributed by atoms with Crippen LogP contribution in [0.3, 0.4) is 0 Å². The molecule has 1 fully saturated rings. The number of hydrogen-bond donors (Lipinski definition) is 3. The number of methoxy groups -OCH3 is 1. The number of amides is 1. The lowest BCUT2D eigenvalue weighted by molar-refractivity contribution is -0.0166. The quantitative estimate of drug-likeness (QED) is 0.430. The van der Waals surface area contributed by atoms with E-state index in [0.29, 0.717) is 30.3 Å². The Morgan fingerprint density at radius 2 is 2.11 bits per heavy atom.